The molecule has 0 saturated carbocycles. The van der Waals surface area contributed by atoms with Crippen LogP contribution in [0.15, 0.2) is 18.2 Å². The summed E-state index contributed by atoms with van der Waals surface area (Å²) >= 11 is 0. The molecule has 3 N–H and O–H groups in total. The van der Waals surface area contributed by atoms with Gasteiger partial charge in [0, 0.05) is 5.69 Å². The Morgan fingerprint density at radius 1 is 1.14 bits per heavy atom. The monoisotopic (exact) mass is 290 g/mol. The molecule has 1 aromatic carbocycles. The molecule has 0 bridgehead atoms. The lowest BCUT2D eigenvalue weighted by molar-refractivity contribution is -0.896. The Hall–Kier alpha value is -1.88. The standard InChI is InChI=1S/C16H23N3O2/c1-12-7-6-8-14(13(12)2)17-16(21)18-15(20)11-19-9-4-3-5-10-19/h6-8H,3-5,9-11H2,1-2H3,(H2,17,18,20,21)/p+1. The lowest BCUT2D eigenvalue weighted by atomic mass is 10.1. The van der Waals surface area contributed by atoms with Crippen molar-refractivity contribution >= 4 is 17.6 Å². The molecule has 5 nitrogen and oxygen atoms in total. The summed E-state index contributed by atoms with van der Waals surface area (Å²) in [5, 5.41) is 5.15. The van der Waals surface area contributed by atoms with Crippen molar-refractivity contribution in [3.63, 3.8) is 0 Å². The first-order chi connectivity index (χ1) is 10.1. The maximum atomic E-state index is 11.9. The molecule has 1 aromatic rings. The lowest BCUT2D eigenvalue weighted by Crippen LogP contribution is -3.14. The minimum atomic E-state index is -0.454. The third kappa shape index (κ3) is 4.56. The Balaban J connectivity index is 1.83. The minimum Gasteiger partial charge on any atom is -0.327 e. The third-order valence-corrected chi connectivity index (χ3v) is 4.08. The number of quaternary nitrogens is 1. The Morgan fingerprint density at radius 3 is 2.57 bits per heavy atom. The molecule has 1 saturated heterocycles. The zero-order valence-electron chi connectivity index (χ0n) is 12.8. The fourth-order valence-electron chi connectivity index (χ4n) is 2.67. The van der Waals surface area contributed by atoms with Gasteiger partial charge in [-0.15, -0.1) is 0 Å². The summed E-state index contributed by atoms with van der Waals surface area (Å²) in [5.41, 5.74) is 2.87. The Kier molecular flexibility index (Phi) is 5.33. The number of amides is 3. The van der Waals surface area contributed by atoms with Gasteiger partial charge in [-0.05, 0) is 50.3 Å². The van der Waals surface area contributed by atoms with Gasteiger partial charge in [-0.3, -0.25) is 10.1 Å². The topological polar surface area (TPSA) is 62.6 Å². The molecule has 2 rings (SSSR count). The van der Waals surface area contributed by atoms with E-state index in [-0.39, 0.29) is 5.91 Å². The summed E-state index contributed by atoms with van der Waals surface area (Å²) in [5.74, 6) is -0.213. The van der Waals surface area contributed by atoms with Crippen LogP contribution < -0.4 is 15.5 Å². The van der Waals surface area contributed by atoms with Crippen LogP contribution in [0.4, 0.5) is 10.5 Å². The van der Waals surface area contributed by atoms with Gasteiger partial charge >= 0.3 is 6.03 Å². The van der Waals surface area contributed by atoms with E-state index in [9.17, 15) is 9.59 Å². The van der Waals surface area contributed by atoms with Crippen LogP contribution in [0, 0.1) is 13.8 Å². The van der Waals surface area contributed by atoms with E-state index in [1.54, 1.807) is 0 Å². The fraction of sp³-hybridized carbons (Fsp3) is 0.500. The SMILES string of the molecule is Cc1cccc(NC(=O)NC(=O)C[NH+]2CCCCC2)c1C. The second-order valence-electron chi connectivity index (χ2n) is 5.74. The number of imide groups is 1. The van der Waals surface area contributed by atoms with Gasteiger partial charge in [0.1, 0.15) is 0 Å². The van der Waals surface area contributed by atoms with Gasteiger partial charge in [0.05, 0.1) is 13.1 Å². The first kappa shape index (κ1) is 15.5. The number of likely N-dealkylation sites (tertiary alicyclic amines) is 1. The molecule has 0 unspecified atom stereocenters. The number of piperidine rings is 1. The average molecular weight is 290 g/mol. The van der Waals surface area contributed by atoms with Crippen LogP contribution >= 0.6 is 0 Å². The maximum absolute atomic E-state index is 11.9. The van der Waals surface area contributed by atoms with Gasteiger partial charge in [-0.1, -0.05) is 12.1 Å². The molecule has 1 aliphatic heterocycles. The first-order valence-electron chi connectivity index (χ1n) is 7.57. The van der Waals surface area contributed by atoms with Gasteiger partial charge in [0.25, 0.3) is 5.91 Å². The highest BCUT2D eigenvalue weighted by Crippen LogP contribution is 2.17. The second kappa shape index (κ2) is 7.22. The van der Waals surface area contributed by atoms with Gasteiger partial charge in [0.2, 0.25) is 0 Å². The highest BCUT2D eigenvalue weighted by molar-refractivity contribution is 6.01. The van der Waals surface area contributed by atoms with Crippen molar-refractivity contribution in [3.8, 4) is 0 Å². The number of anilines is 1. The van der Waals surface area contributed by atoms with E-state index in [1.165, 1.54) is 11.3 Å². The molecule has 0 aliphatic carbocycles. The summed E-state index contributed by atoms with van der Waals surface area (Å²) in [6.45, 7) is 6.35. The molecule has 0 radical (unpaired) electrons. The number of hydrogen-bond acceptors (Lipinski definition) is 2. The quantitative estimate of drug-likeness (QED) is 0.778. The lowest BCUT2D eigenvalue weighted by Gasteiger charge is -2.22. The molecule has 114 valence electrons. The van der Waals surface area contributed by atoms with Crippen molar-refractivity contribution in [2.75, 3.05) is 25.0 Å². The molecule has 0 atom stereocenters. The number of rotatable bonds is 3. The second-order valence-corrected chi connectivity index (χ2v) is 5.74. The molecule has 5 heteroatoms. The van der Waals surface area contributed by atoms with E-state index in [0.717, 1.165) is 42.7 Å². The molecular formula is C16H24N3O2+. The largest absolute Gasteiger partial charge is 0.327 e. The summed E-state index contributed by atoms with van der Waals surface area (Å²) in [6.07, 6.45) is 3.58. The summed E-state index contributed by atoms with van der Waals surface area (Å²) < 4.78 is 0. The highest BCUT2D eigenvalue weighted by Gasteiger charge is 2.18. The van der Waals surface area contributed by atoms with Crippen molar-refractivity contribution in [1.82, 2.24) is 5.32 Å². The van der Waals surface area contributed by atoms with Crippen molar-refractivity contribution in [2.24, 2.45) is 0 Å². The third-order valence-electron chi connectivity index (χ3n) is 4.08. The van der Waals surface area contributed by atoms with Gasteiger partial charge < -0.3 is 10.2 Å². The van der Waals surface area contributed by atoms with Crippen molar-refractivity contribution in [1.29, 1.82) is 0 Å². The highest BCUT2D eigenvalue weighted by atomic mass is 16.2. The zero-order valence-corrected chi connectivity index (χ0v) is 12.8. The molecule has 1 aliphatic rings. The Morgan fingerprint density at radius 2 is 1.86 bits per heavy atom. The average Bonchev–Trinajstić information content (AvgIpc) is 2.44. The zero-order chi connectivity index (χ0) is 15.2. The molecule has 1 fully saturated rings. The van der Waals surface area contributed by atoms with Crippen LogP contribution in [-0.4, -0.2) is 31.6 Å². The number of hydrogen-bond donors (Lipinski definition) is 3. The number of benzene rings is 1. The van der Waals surface area contributed by atoms with Crippen LogP contribution in [0.2, 0.25) is 0 Å². The molecular weight excluding hydrogens is 266 g/mol. The Bertz CT molecular complexity index is 522. The fourth-order valence-corrected chi connectivity index (χ4v) is 2.67. The summed E-state index contributed by atoms with van der Waals surface area (Å²) in [7, 11) is 0. The number of carbonyl (C=O) groups excluding carboxylic acids is 2. The molecule has 0 aromatic heterocycles. The minimum absolute atomic E-state index is 0.213. The van der Waals surface area contributed by atoms with E-state index in [0.29, 0.717) is 6.54 Å². The smallest absolute Gasteiger partial charge is 0.326 e. The van der Waals surface area contributed by atoms with Crippen LogP contribution in [-0.2, 0) is 4.79 Å². The van der Waals surface area contributed by atoms with Crippen molar-refractivity contribution in [3.05, 3.63) is 29.3 Å². The van der Waals surface area contributed by atoms with Crippen LogP contribution in [0.1, 0.15) is 30.4 Å². The normalized spacial score (nSPS) is 15.5. The van der Waals surface area contributed by atoms with E-state index in [4.69, 9.17) is 0 Å². The number of carbonyl (C=O) groups is 2. The number of nitrogens with one attached hydrogen (secondary N) is 3. The van der Waals surface area contributed by atoms with Crippen LogP contribution in [0.3, 0.4) is 0 Å². The van der Waals surface area contributed by atoms with E-state index in [1.807, 2.05) is 32.0 Å². The van der Waals surface area contributed by atoms with Crippen molar-refractivity contribution < 1.29 is 14.5 Å². The van der Waals surface area contributed by atoms with Crippen LogP contribution in [0.25, 0.3) is 0 Å². The molecule has 1 heterocycles. The van der Waals surface area contributed by atoms with Gasteiger partial charge in [-0.25, -0.2) is 4.79 Å². The maximum Gasteiger partial charge on any atom is 0.326 e. The predicted octanol–water partition coefficient (Wildman–Crippen LogP) is 1.02. The molecule has 0 spiro atoms. The van der Waals surface area contributed by atoms with E-state index >= 15 is 0 Å². The summed E-state index contributed by atoms with van der Waals surface area (Å²) in [6, 6.07) is 5.26. The molecule has 21 heavy (non-hydrogen) atoms. The Labute approximate surface area is 125 Å². The van der Waals surface area contributed by atoms with Gasteiger partial charge in [-0.2, -0.15) is 0 Å². The van der Waals surface area contributed by atoms with E-state index in [2.05, 4.69) is 10.6 Å². The van der Waals surface area contributed by atoms with Crippen molar-refractivity contribution in [2.45, 2.75) is 33.1 Å². The molecule has 3 amide bonds. The number of urea groups is 1. The van der Waals surface area contributed by atoms with Crippen LogP contribution in [0.5, 0.6) is 0 Å². The predicted molar refractivity (Wildman–Crippen MR) is 82.5 cm³/mol. The first-order valence-corrected chi connectivity index (χ1v) is 7.57. The summed E-state index contributed by atoms with van der Waals surface area (Å²) in [4.78, 5) is 25.0. The number of aryl methyl sites for hydroxylation is 1. The van der Waals surface area contributed by atoms with Gasteiger partial charge in [0.15, 0.2) is 6.54 Å². The van der Waals surface area contributed by atoms with E-state index < -0.39 is 6.03 Å².